The van der Waals surface area contributed by atoms with Gasteiger partial charge >= 0.3 is 0 Å². The number of nitrogens with one attached hydrogen (secondary N) is 1. The number of aliphatic hydroxyl groups excluding tert-OH is 2. The molecule has 4 atom stereocenters. The summed E-state index contributed by atoms with van der Waals surface area (Å²) in [7, 11) is 0. The van der Waals surface area contributed by atoms with Crippen LogP contribution in [0.2, 0.25) is 0 Å². The van der Waals surface area contributed by atoms with Gasteiger partial charge in [0.05, 0.1) is 41.7 Å². The zero-order valence-corrected chi connectivity index (χ0v) is 21.3. The van der Waals surface area contributed by atoms with Gasteiger partial charge in [-0.05, 0) is 56.7 Å². The number of nitriles is 1. The molecule has 2 aliphatic rings. The predicted molar refractivity (Wildman–Crippen MR) is 143 cm³/mol. The molecule has 0 spiro atoms. The number of nitrogens with zero attached hydrogens (tertiary/aromatic N) is 5. The average Bonchev–Trinajstić information content (AvgIpc) is 2.91. The highest BCUT2D eigenvalue weighted by molar-refractivity contribution is 5.95. The molecule has 37 heavy (non-hydrogen) atoms. The van der Waals surface area contributed by atoms with Crippen LogP contribution in [0.3, 0.4) is 0 Å². The summed E-state index contributed by atoms with van der Waals surface area (Å²) in [6.07, 6.45) is 2.01. The Morgan fingerprint density at radius 1 is 1.19 bits per heavy atom. The third kappa shape index (κ3) is 5.53. The highest BCUT2D eigenvalue weighted by Gasteiger charge is 2.31. The lowest BCUT2D eigenvalue weighted by Gasteiger charge is -2.41. The van der Waals surface area contributed by atoms with Crippen LogP contribution in [-0.4, -0.2) is 77.3 Å². The van der Waals surface area contributed by atoms with E-state index >= 15 is 0 Å². The summed E-state index contributed by atoms with van der Waals surface area (Å²) in [4.78, 5) is 13.3. The summed E-state index contributed by atoms with van der Waals surface area (Å²) < 4.78 is 6.26. The first-order valence-electron chi connectivity index (χ1n) is 12.9. The largest absolute Gasteiger partial charge is 0.390 e. The lowest BCUT2D eigenvalue weighted by molar-refractivity contribution is -0.0188. The number of ether oxygens (including phenoxy) is 1. The summed E-state index contributed by atoms with van der Waals surface area (Å²) in [6.45, 7) is 7.33. The van der Waals surface area contributed by atoms with Crippen LogP contribution in [0.5, 0.6) is 0 Å². The van der Waals surface area contributed by atoms with Crippen molar-refractivity contribution in [1.29, 1.82) is 5.26 Å². The van der Waals surface area contributed by atoms with Crippen LogP contribution >= 0.6 is 0 Å². The van der Waals surface area contributed by atoms with Crippen LogP contribution in [0, 0.1) is 18.3 Å². The van der Waals surface area contributed by atoms with Gasteiger partial charge < -0.3 is 30.1 Å². The Hall–Kier alpha value is -3.29. The number of aliphatic hydroxyl groups is 2. The fraction of sp³-hybridized carbons (Fsp3) is 0.464. The lowest BCUT2D eigenvalue weighted by Crippen LogP contribution is -2.56. The van der Waals surface area contributed by atoms with Gasteiger partial charge in [0.25, 0.3) is 0 Å². The minimum atomic E-state index is -0.523. The first kappa shape index (κ1) is 25.4. The van der Waals surface area contributed by atoms with Gasteiger partial charge in [0.1, 0.15) is 6.07 Å². The van der Waals surface area contributed by atoms with E-state index in [1.165, 1.54) is 0 Å². The Labute approximate surface area is 217 Å². The van der Waals surface area contributed by atoms with Crippen molar-refractivity contribution in [2.45, 2.75) is 51.2 Å². The molecule has 0 bridgehead atoms. The molecule has 0 saturated carbocycles. The Morgan fingerprint density at radius 2 is 2.05 bits per heavy atom. The molecule has 2 saturated heterocycles. The molecule has 1 aromatic carbocycles. The maximum atomic E-state index is 10.9. The van der Waals surface area contributed by atoms with E-state index in [1.54, 1.807) is 6.20 Å². The van der Waals surface area contributed by atoms with Gasteiger partial charge in [-0.25, -0.2) is 0 Å². The number of aromatic nitrogens is 2. The quantitative estimate of drug-likeness (QED) is 0.466. The van der Waals surface area contributed by atoms with Gasteiger partial charge in [-0.15, -0.1) is 0 Å². The van der Waals surface area contributed by atoms with Crippen LogP contribution in [0.25, 0.3) is 10.9 Å². The standard InChI is InChI=1S/C28H34N6O3/c1-18-10-22(11-21(17-35)32-18)33-9-7-25(27(36)16-33)31-13-23-15-34(14-19(2)37-23)26-6-5-20(12-29)28-24(26)4-3-8-30-28/h3-6,8,10-11,19,23,25,27,31,35-36H,7,9,13-17H2,1-2H3/t19-,23+,25-,27-/m1/s1. The Balaban J connectivity index is 1.22. The van der Waals surface area contributed by atoms with Crippen LogP contribution < -0.4 is 15.1 Å². The highest BCUT2D eigenvalue weighted by Crippen LogP contribution is 2.30. The number of fused-ring (bicyclic) bond motifs is 1. The molecule has 0 aliphatic carbocycles. The monoisotopic (exact) mass is 502 g/mol. The molecule has 5 rings (SSSR count). The summed E-state index contributed by atoms with van der Waals surface area (Å²) in [6, 6.07) is 13.9. The number of benzene rings is 1. The average molecular weight is 503 g/mol. The molecule has 2 aromatic heterocycles. The lowest BCUT2D eigenvalue weighted by atomic mass is 10.0. The SMILES string of the molecule is Cc1cc(N2CC[C@@H](NC[C@H]3CN(c4ccc(C#N)c5ncccc45)C[C@@H](C)O3)[C@H](O)C2)cc(CO)n1. The number of β-amino-alcohol motifs (C(OH)–C–C–N with tert-alkyl or cyclic N) is 1. The van der Waals surface area contributed by atoms with E-state index in [4.69, 9.17) is 4.74 Å². The molecule has 0 unspecified atom stereocenters. The number of pyridine rings is 2. The second-order valence-corrected chi connectivity index (χ2v) is 10.1. The van der Waals surface area contributed by atoms with Crippen LogP contribution in [-0.2, 0) is 11.3 Å². The number of hydrogen-bond donors (Lipinski definition) is 3. The summed E-state index contributed by atoms with van der Waals surface area (Å²) in [5.74, 6) is 0. The molecule has 9 nitrogen and oxygen atoms in total. The van der Waals surface area contributed by atoms with Crippen molar-refractivity contribution in [1.82, 2.24) is 15.3 Å². The molecule has 3 N–H and O–H groups in total. The Bertz CT molecular complexity index is 1290. The molecule has 0 amide bonds. The van der Waals surface area contributed by atoms with Crippen molar-refractivity contribution in [3.05, 3.63) is 59.5 Å². The van der Waals surface area contributed by atoms with E-state index in [1.807, 2.05) is 43.3 Å². The van der Waals surface area contributed by atoms with Gasteiger partial charge in [-0.1, -0.05) is 0 Å². The molecule has 9 heteroatoms. The first-order valence-corrected chi connectivity index (χ1v) is 12.9. The molecule has 3 aromatic rings. The summed E-state index contributed by atoms with van der Waals surface area (Å²) >= 11 is 0. The topological polar surface area (TPSA) is 118 Å². The number of morpholine rings is 1. The fourth-order valence-electron chi connectivity index (χ4n) is 5.55. The molecule has 2 fully saturated rings. The number of piperidine rings is 1. The van der Waals surface area contributed by atoms with E-state index in [0.29, 0.717) is 30.9 Å². The highest BCUT2D eigenvalue weighted by atomic mass is 16.5. The van der Waals surface area contributed by atoms with Crippen molar-refractivity contribution in [2.75, 3.05) is 42.5 Å². The van der Waals surface area contributed by atoms with E-state index in [9.17, 15) is 15.5 Å². The Morgan fingerprint density at radius 3 is 2.84 bits per heavy atom. The van der Waals surface area contributed by atoms with Crippen LogP contribution in [0.4, 0.5) is 11.4 Å². The predicted octanol–water partition coefficient (Wildman–Crippen LogP) is 2.13. The molecular weight excluding hydrogens is 468 g/mol. The van der Waals surface area contributed by atoms with E-state index in [-0.39, 0.29) is 24.9 Å². The maximum Gasteiger partial charge on any atom is 0.101 e. The fourth-order valence-corrected chi connectivity index (χ4v) is 5.55. The van der Waals surface area contributed by atoms with Crippen LogP contribution in [0.1, 0.15) is 30.3 Å². The molecule has 0 radical (unpaired) electrons. The molecule has 2 aliphatic heterocycles. The second kappa shape index (κ2) is 11.0. The number of aryl methyl sites for hydroxylation is 1. The third-order valence-corrected chi connectivity index (χ3v) is 7.24. The maximum absolute atomic E-state index is 10.9. The first-order chi connectivity index (χ1) is 17.9. The third-order valence-electron chi connectivity index (χ3n) is 7.24. The van der Waals surface area contributed by atoms with Crippen LogP contribution in [0.15, 0.2) is 42.6 Å². The number of rotatable bonds is 6. The summed E-state index contributed by atoms with van der Waals surface area (Å²) in [5, 5.41) is 34.4. The van der Waals surface area contributed by atoms with Crippen molar-refractivity contribution < 1.29 is 14.9 Å². The van der Waals surface area contributed by atoms with Gasteiger partial charge in [0, 0.05) is 67.4 Å². The van der Waals surface area contributed by atoms with Gasteiger partial charge in [0.15, 0.2) is 0 Å². The van der Waals surface area contributed by atoms with E-state index < -0.39 is 6.10 Å². The minimum absolute atomic E-state index is 0.0225. The van der Waals surface area contributed by atoms with Crippen molar-refractivity contribution >= 4 is 22.3 Å². The second-order valence-electron chi connectivity index (χ2n) is 10.1. The van der Waals surface area contributed by atoms with Gasteiger partial charge in [0.2, 0.25) is 0 Å². The van der Waals surface area contributed by atoms with Gasteiger partial charge in [-0.3, -0.25) is 9.97 Å². The van der Waals surface area contributed by atoms with E-state index in [0.717, 1.165) is 47.5 Å². The Kier molecular flexibility index (Phi) is 7.53. The number of hydrogen-bond acceptors (Lipinski definition) is 9. The smallest absolute Gasteiger partial charge is 0.101 e. The van der Waals surface area contributed by atoms with Crippen molar-refractivity contribution in [3.63, 3.8) is 0 Å². The van der Waals surface area contributed by atoms with Crippen molar-refractivity contribution in [3.8, 4) is 6.07 Å². The van der Waals surface area contributed by atoms with Gasteiger partial charge in [-0.2, -0.15) is 5.26 Å². The molecule has 4 heterocycles. The zero-order chi connectivity index (χ0) is 25.9. The summed E-state index contributed by atoms with van der Waals surface area (Å²) in [5.41, 5.74) is 4.85. The molecular formula is C28H34N6O3. The van der Waals surface area contributed by atoms with E-state index in [2.05, 4.69) is 38.1 Å². The number of anilines is 2. The minimum Gasteiger partial charge on any atom is -0.390 e. The normalized spacial score (nSPS) is 24.3. The zero-order valence-electron chi connectivity index (χ0n) is 21.3. The van der Waals surface area contributed by atoms with Crippen molar-refractivity contribution in [2.24, 2.45) is 0 Å². The molecule has 194 valence electrons.